The molecule has 0 heterocycles. The van der Waals surface area contributed by atoms with Crippen molar-refractivity contribution in [3.63, 3.8) is 0 Å². The van der Waals surface area contributed by atoms with E-state index in [1.807, 2.05) is 42.1 Å². The fourth-order valence-electron chi connectivity index (χ4n) is 2.51. The monoisotopic (exact) mass is 398 g/mol. The summed E-state index contributed by atoms with van der Waals surface area (Å²) in [5, 5.41) is 6.66. The van der Waals surface area contributed by atoms with Crippen molar-refractivity contribution in [2.24, 2.45) is 4.99 Å². The minimum atomic E-state index is 0.0124. The Morgan fingerprint density at radius 1 is 1.04 bits per heavy atom. The molecule has 5 nitrogen and oxygen atoms in total. The summed E-state index contributed by atoms with van der Waals surface area (Å²) in [6.45, 7) is 4.33. The zero-order chi connectivity index (χ0) is 20.2. The number of guanidine groups is 1. The van der Waals surface area contributed by atoms with Crippen LogP contribution in [-0.4, -0.2) is 49.7 Å². The Morgan fingerprint density at radius 2 is 1.75 bits per heavy atom. The van der Waals surface area contributed by atoms with E-state index in [1.165, 1.54) is 4.90 Å². The number of rotatable bonds is 9. The van der Waals surface area contributed by atoms with Crippen LogP contribution in [0.15, 0.2) is 64.5 Å². The van der Waals surface area contributed by atoms with E-state index in [2.05, 4.69) is 46.8 Å². The van der Waals surface area contributed by atoms with Gasteiger partial charge in [-0.05, 0) is 48.9 Å². The zero-order valence-electron chi connectivity index (χ0n) is 16.9. The number of hydrogen-bond donors (Lipinski definition) is 2. The van der Waals surface area contributed by atoms with Crippen molar-refractivity contribution in [3.05, 3.63) is 65.7 Å². The van der Waals surface area contributed by atoms with Crippen LogP contribution in [0.1, 0.15) is 29.3 Å². The second-order valence-corrected chi connectivity index (χ2v) is 7.70. The smallest absolute Gasteiger partial charge is 0.253 e. The van der Waals surface area contributed by atoms with E-state index in [4.69, 9.17) is 0 Å². The third kappa shape index (κ3) is 7.64. The van der Waals surface area contributed by atoms with Crippen LogP contribution in [0.25, 0.3) is 0 Å². The lowest BCUT2D eigenvalue weighted by Gasteiger charge is -2.12. The van der Waals surface area contributed by atoms with E-state index in [9.17, 15) is 4.79 Å². The van der Waals surface area contributed by atoms with Crippen LogP contribution in [0.5, 0.6) is 0 Å². The maximum Gasteiger partial charge on any atom is 0.253 e. The molecule has 0 unspecified atom stereocenters. The molecular formula is C22H30N4OS. The molecule has 0 saturated carbocycles. The highest BCUT2D eigenvalue weighted by Crippen LogP contribution is 2.17. The second kappa shape index (κ2) is 12.1. The molecule has 0 aliphatic rings. The largest absolute Gasteiger partial charge is 0.357 e. The van der Waals surface area contributed by atoms with Crippen molar-refractivity contribution in [1.82, 2.24) is 15.5 Å². The van der Waals surface area contributed by atoms with E-state index in [0.717, 1.165) is 36.8 Å². The standard InChI is InChI=1S/C22H30N4OS/c1-4-23-22(24-15-8-16-28-20-9-6-5-7-10-20)25-17-18-11-13-19(14-12-18)21(27)26(2)3/h5-7,9-14H,4,8,15-17H2,1-3H3,(H2,23,24,25). The van der Waals surface area contributed by atoms with E-state index < -0.39 is 0 Å². The molecule has 0 fully saturated rings. The first-order valence-corrected chi connectivity index (χ1v) is 10.6. The summed E-state index contributed by atoms with van der Waals surface area (Å²) >= 11 is 1.87. The molecule has 0 aromatic heterocycles. The van der Waals surface area contributed by atoms with Gasteiger partial charge >= 0.3 is 0 Å². The lowest BCUT2D eigenvalue weighted by molar-refractivity contribution is 0.0827. The topological polar surface area (TPSA) is 56.7 Å². The summed E-state index contributed by atoms with van der Waals surface area (Å²) in [5.74, 6) is 1.90. The van der Waals surface area contributed by atoms with Gasteiger partial charge < -0.3 is 15.5 Å². The Morgan fingerprint density at radius 3 is 2.39 bits per heavy atom. The number of benzene rings is 2. The molecule has 0 spiro atoms. The molecule has 2 rings (SSSR count). The van der Waals surface area contributed by atoms with Crippen LogP contribution in [0.4, 0.5) is 0 Å². The van der Waals surface area contributed by atoms with Crippen molar-refractivity contribution in [3.8, 4) is 0 Å². The Bertz CT molecular complexity index is 745. The average Bonchev–Trinajstić information content (AvgIpc) is 2.72. The minimum absolute atomic E-state index is 0.0124. The molecule has 6 heteroatoms. The van der Waals surface area contributed by atoms with Gasteiger partial charge in [-0.2, -0.15) is 0 Å². The first-order chi connectivity index (χ1) is 13.6. The highest BCUT2D eigenvalue weighted by Gasteiger charge is 2.07. The van der Waals surface area contributed by atoms with Crippen molar-refractivity contribution in [2.75, 3.05) is 32.9 Å². The quantitative estimate of drug-likeness (QED) is 0.293. The van der Waals surface area contributed by atoms with Crippen molar-refractivity contribution >= 4 is 23.6 Å². The van der Waals surface area contributed by atoms with Crippen LogP contribution in [0, 0.1) is 0 Å². The number of amides is 1. The van der Waals surface area contributed by atoms with E-state index in [0.29, 0.717) is 12.1 Å². The highest BCUT2D eigenvalue weighted by molar-refractivity contribution is 7.99. The van der Waals surface area contributed by atoms with Crippen molar-refractivity contribution in [2.45, 2.75) is 24.8 Å². The van der Waals surface area contributed by atoms with E-state index in [-0.39, 0.29) is 5.91 Å². The third-order valence-corrected chi connectivity index (χ3v) is 5.09. The summed E-state index contributed by atoms with van der Waals surface area (Å²) in [5.41, 5.74) is 1.77. The minimum Gasteiger partial charge on any atom is -0.357 e. The van der Waals surface area contributed by atoms with E-state index >= 15 is 0 Å². The molecule has 0 radical (unpaired) electrons. The average molecular weight is 399 g/mol. The maximum absolute atomic E-state index is 11.9. The van der Waals surface area contributed by atoms with Gasteiger partial charge in [0.05, 0.1) is 6.54 Å². The fourth-order valence-corrected chi connectivity index (χ4v) is 3.38. The van der Waals surface area contributed by atoms with Gasteiger partial charge in [0.1, 0.15) is 0 Å². The molecule has 2 N–H and O–H groups in total. The van der Waals surface area contributed by atoms with Crippen LogP contribution >= 0.6 is 11.8 Å². The summed E-state index contributed by atoms with van der Waals surface area (Å²) in [4.78, 5) is 19.5. The summed E-state index contributed by atoms with van der Waals surface area (Å²) in [6.07, 6.45) is 1.06. The molecule has 150 valence electrons. The van der Waals surface area contributed by atoms with Crippen molar-refractivity contribution < 1.29 is 4.79 Å². The Kier molecular flexibility index (Phi) is 9.42. The highest BCUT2D eigenvalue weighted by atomic mass is 32.2. The van der Waals surface area contributed by atoms with Gasteiger partial charge in [-0.25, -0.2) is 4.99 Å². The molecule has 0 saturated heterocycles. The van der Waals surface area contributed by atoms with Gasteiger partial charge in [-0.3, -0.25) is 4.79 Å². The van der Waals surface area contributed by atoms with Gasteiger partial charge in [0.25, 0.3) is 5.91 Å². The summed E-state index contributed by atoms with van der Waals surface area (Å²) in [6, 6.07) is 18.1. The first kappa shape index (κ1) is 21.8. The van der Waals surface area contributed by atoms with Crippen LogP contribution in [0.3, 0.4) is 0 Å². The maximum atomic E-state index is 11.9. The molecular weight excluding hydrogens is 368 g/mol. The zero-order valence-corrected chi connectivity index (χ0v) is 17.8. The molecule has 28 heavy (non-hydrogen) atoms. The second-order valence-electron chi connectivity index (χ2n) is 6.53. The Balaban J connectivity index is 1.78. The number of hydrogen-bond acceptors (Lipinski definition) is 3. The van der Waals surface area contributed by atoms with Gasteiger partial charge in [0.15, 0.2) is 5.96 Å². The molecule has 0 aliphatic heterocycles. The Labute approximate surface area is 172 Å². The SMILES string of the molecule is CCNC(=NCc1ccc(C(=O)N(C)C)cc1)NCCCSc1ccccc1. The number of nitrogens with zero attached hydrogens (tertiary/aromatic N) is 2. The number of carbonyl (C=O) groups is 1. The third-order valence-electron chi connectivity index (χ3n) is 4.00. The van der Waals surface area contributed by atoms with E-state index in [1.54, 1.807) is 19.0 Å². The van der Waals surface area contributed by atoms with Gasteiger partial charge in [-0.1, -0.05) is 30.3 Å². The van der Waals surface area contributed by atoms with Crippen molar-refractivity contribution in [1.29, 1.82) is 0 Å². The molecule has 1 amide bonds. The predicted molar refractivity (Wildman–Crippen MR) is 119 cm³/mol. The number of carbonyl (C=O) groups excluding carboxylic acids is 1. The summed E-state index contributed by atoms with van der Waals surface area (Å²) in [7, 11) is 3.51. The molecule has 0 atom stereocenters. The fraction of sp³-hybridized carbons (Fsp3) is 0.364. The van der Waals surface area contributed by atoms with Crippen LogP contribution in [-0.2, 0) is 6.54 Å². The van der Waals surface area contributed by atoms with Crippen LogP contribution < -0.4 is 10.6 Å². The molecule has 0 bridgehead atoms. The molecule has 0 aliphatic carbocycles. The lowest BCUT2D eigenvalue weighted by atomic mass is 10.1. The normalized spacial score (nSPS) is 11.2. The first-order valence-electron chi connectivity index (χ1n) is 9.60. The number of nitrogens with one attached hydrogen (secondary N) is 2. The lowest BCUT2D eigenvalue weighted by Crippen LogP contribution is -2.37. The van der Waals surface area contributed by atoms with Gasteiger partial charge in [0.2, 0.25) is 0 Å². The van der Waals surface area contributed by atoms with Gasteiger partial charge in [-0.15, -0.1) is 11.8 Å². The molecule has 2 aromatic rings. The summed E-state index contributed by atoms with van der Waals surface area (Å²) < 4.78 is 0. The van der Waals surface area contributed by atoms with Crippen LogP contribution in [0.2, 0.25) is 0 Å². The van der Waals surface area contributed by atoms with Gasteiger partial charge in [0, 0.05) is 37.6 Å². The number of aliphatic imine (C=N–C) groups is 1. The molecule has 2 aromatic carbocycles. The predicted octanol–water partition coefficient (Wildman–Crippen LogP) is 3.63. The Hall–Kier alpha value is -2.47. The number of thioether (sulfide) groups is 1.